The van der Waals surface area contributed by atoms with E-state index in [0.29, 0.717) is 24.3 Å². The number of nitrogens with zero attached hydrogens (tertiary/aromatic N) is 5. The number of aromatic carboxylic acids is 1. The number of pyridine rings is 1. The topological polar surface area (TPSA) is 91.7 Å². The molecule has 1 aliphatic heterocycles. The minimum Gasteiger partial charge on any atom is -0.478 e. The second-order valence-corrected chi connectivity index (χ2v) is 5.29. The number of carbonyl (C=O) groups is 1. The van der Waals surface area contributed by atoms with E-state index in [2.05, 4.69) is 24.8 Å². The summed E-state index contributed by atoms with van der Waals surface area (Å²) in [4.78, 5) is 28.1. The Balaban J connectivity index is 1.66. The number of hydrogen-bond acceptors (Lipinski definition) is 7. The molecule has 3 rings (SSSR count). The van der Waals surface area contributed by atoms with E-state index in [1.807, 2.05) is 13.0 Å². The van der Waals surface area contributed by atoms with Gasteiger partial charge in [0, 0.05) is 38.4 Å². The Labute approximate surface area is 139 Å². The molecule has 1 fully saturated rings. The van der Waals surface area contributed by atoms with Crippen LogP contribution in [0.15, 0.2) is 30.5 Å². The van der Waals surface area contributed by atoms with Crippen molar-refractivity contribution in [2.45, 2.75) is 6.92 Å². The van der Waals surface area contributed by atoms with Crippen molar-refractivity contribution >= 4 is 17.7 Å². The van der Waals surface area contributed by atoms with Crippen molar-refractivity contribution in [2.75, 3.05) is 42.6 Å². The van der Waals surface area contributed by atoms with E-state index in [-0.39, 0.29) is 5.69 Å². The average Bonchev–Trinajstić information content (AvgIpc) is 2.62. The molecule has 8 heteroatoms. The van der Waals surface area contributed by atoms with Crippen molar-refractivity contribution in [3.8, 4) is 5.88 Å². The molecule has 0 aliphatic carbocycles. The Morgan fingerprint density at radius 1 is 1.17 bits per heavy atom. The first kappa shape index (κ1) is 16.0. The van der Waals surface area contributed by atoms with E-state index in [1.54, 1.807) is 18.3 Å². The summed E-state index contributed by atoms with van der Waals surface area (Å²) in [5.41, 5.74) is 0.0580. The lowest BCUT2D eigenvalue weighted by atomic mass is 10.3. The number of carboxylic acids is 1. The molecule has 2 aromatic rings. The van der Waals surface area contributed by atoms with Gasteiger partial charge in [-0.2, -0.15) is 4.98 Å². The summed E-state index contributed by atoms with van der Waals surface area (Å²) >= 11 is 0. The predicted octanol–water partition coefficient (Wildman–Crippen LogP) is 1.30. The molecule has 0 bridgehead atoms. The molecule has 1 aliphatic rings. The molecule has 8 nitrogen and oxygen atoms in total. The minimum absolute atomic E-state index is 0.0580. The molecule has 24 heavy (non-hydrogen) atoms. The van der Waals surface area contributed by atoms with E-state index in [0.717, 1.165) is 26.2 Å². The molecule has 126 valence electrons. The van der Waals surface area contributed by atoms with Crippen molar-refractivity contribution in [1.82, 2.24) is 15.0 Å². The van der Waals surface area contributed by atoms with Crippen LogP contribution in [-0.4, -0.2) is 58.8 Å². The van der Waals surface area contributed by atoms with Crippen LogP contribution in [0, 0.1) is 0 Å². The van der Waals surface area contributed by atoms with Gasteiger partial charge in [-0.25, -0.2) is 14.8 Å². The van der Waals surface area contributed by atoms with Crippen molar-refractivity contribution in [2.24, 2.45) is 0 Å². The fraction of sp³-hybridized carbons (Fsp3) is 0.375. The molecule has 1 N–H and O–H groups in total. The highest BCUT2D eigenvalue weighted by atomic mass is 16.5. The van der Waals surface area contributed by atoms with Gasteiger partial charge in [-0.05, 0) is 19.1 Å². The third-order valence-electron chi connectivity index (χ3n) is 3.75. The highest BCUT2D eigenvalue weighted by Gasteiger charge is 2.21. The molecule has 0 spiro atoms. The summed E-state index contributed by atoms with van der Waals surface area (Å²) in [6.45, 7) is 5.38. The molecule has 3 heterocycles. The van der Waals surface area contributed by atoms with Gasteiger partial charge in [-0.15, -0.1) is 0 Å². The molecule has 0 amide bonds. The van der Waals surface area contributed by atoms with Crippen molar-refractivity contribution in [3.05, 3.63) is 36.2 Å². The SMILES string of the molecule is CCOc1ccnc(N2CCN(c3cccc(C(=O)O)n3)CC2)n1. The number of piperazine rings is 1. The van der Waals surface area contributed by atoms with Crippen molar-refractivity contribution < 1.29 is 14.6 Å². The largest absolute Gasteiger partial charge is 0.478 e. The summed E-state index contributed by atoms with van der Waals surface area (Å²) in [7, 11) is 0. The Morgan fingerprint density at radius 3 is 2.62 bits per heavy atom. The van der Waals surface area contributed by atoms with Crippen LogP contribution < -0.4 is 14.5 Å². The maximum Gasteiger partial charge on any atom is 0.354 e. The fourth-order valence-electron chi connectivity index (χ4n) is 2.57. The standard InChI is InChI=1S/C16H19N5O3/c1-2-24-14-6-7-17-16(19-14)21-10-8-20(9-11-21)13-5-3-4-12(18-13)15(22)23/h3-7H,2,8-11H2,1H3,(H,22,23). The second kappa shape index (κ2) is 7.12. The maximum absolute atomic E-state index is 11.0. The smallest absolute Gasteiger partial charge is 0.354 e. The lowest BCUT2D eigenvalue weighted by molar-refractivity contribution is 0.0690. The van der Waals surface area contributed by atoms with Gasteiger partial charge in [-0.3, -0.25) is 0 Å². The lowest BCUT2D eigenvalue weighted by Gasteiger charge is -2.35. The normalized spacial score (nSPS) is 14.5. The first-order valence-corrected chi connectivity index (χ1v) is 7.83. The molecule has 2 aromatic heterocycles. The van der Waals surface area contributed by atoms with Crippen LogP contribution in [0.3, 0.4) is 0 Å². The highest BCUT2D eigenvalue weighted by Crippen LogP contribution is 2.18. The Morgan fingerprint density at radius 2 is 1.92 bits per heavy atom. The molecule has 0 atom stereocenters. The van der Waals surface area contributed by atoms with Crippen LogP contribution in [0.5, 0.6) is 5.88 Å². The van der Waals surface area contributed by atoms with Crippen molar-refractivity contribution in [3.63, 3.8) is 0 Å². The maximum atomic E-state index is 11.0. The second-order valence-electron chi connectivity index (χ2n) is 5.29. The summed E-state index contributed by atoms with van der Waals surface area (Å²) in [6, 6.07) is 6.78. The molecule has 0 saturated carbocycles. The zero-order chi connectivity index (χ0) is 16.9. The molecular weight excluding hydrogens is 310 g/mol. The Bertz CT molecular complexity index is 716. The highest BCUT2D eigenvalue weighted by molar-refractivity contribution is 5.85. The number of hydrogen-bond donors (Lipinski definition) is 1. The molecule has 0 radical (unpaired) electrons. The van der Waals surface area contributed by atoms with E-state index in [4.69, 9.17) is 9.84 Å². The molecule has 1 saturated heterocycles. The number of anilines is 2. The van der Waals surface area contributed by atoms with Crippen LogP contribution >= 0.6 is 0 Å². The zero-order valence-corrected chi connectivity index (χ0v) is 13.4. The molecular formula is C16H19N5O3. The fourth-order valence-corrected chi connectivity index (χ4v) is 2.57. The van der Waals surface area contributed by atoms with Crippen molar-refractivity contribution in [1.29, 1.82) is 0 Å². The summed E-state index contributed by atoms with van der Waals surface area (Å²) < 4.78 is 5.41. The summed E-state index contributed by atoms with van der Waals surface area (Å²) in [6.07, 6.45) is 1.69. The van der Waals surface area contributed by atoms with Gasteiger partial charge in [-0.1, -0.05) is 6.07 Å². The van der Waals surface area contributed by atoms with Gasteiger partial charge in [0.1, 0.15) is 5.82 Å². The van der Waals surface area contributed by atoms with Gasteiger partial charge >= 0.3 is 5.97 Å². The number of carboxylic acid groups (broad SMARTS) is 1. The third kappa shape index (κ3) is 3.53. The van der Waals surface area contributed by atoms with E-state index >= 15 is 0 Å². The number of ether oxygens (including phenoxy) is 1. The Kier molecular flexibility index (Phi) is 4.74. The average molecular weight is 329 g/mol. The first-order valence-electron chi connectivity index (χ1n) is 7.83. The van der Waals surface area contributed by atoms with E-state index in [1.165, 1.54) is 6.07 Å². The number of aromatic nitrogens is 3. The van der Waals surface area contributed by atoms with Gasteiger partial charge in [0.25, 0.3) is 0 Å². The van der Waals surface area contributed by atoms with Gasteiger partial charge in [0.15, 0.2) is 5.69 Å². The number of rotatable bonds is 5. The quantitative estimate of drug-likeness (QED) is 0.877. The zero-order valence-electron chi connectivity index (χ0n) is 13.4. The van der Waals surface area contributed by atoms with Crippen LogP contribution in [0.1, 0.15) is 17.4 Å². The molecule has 0 aromatic carbocycles. The van der Waals surface area contributed by atoms with Gasteiger partial charge in [0.2, 0.25) is 11.8 Å². The van der Waals surface area contributed by atoms with Crippen LogP contribution in [0.4, 0.5) is 11.8 Å². The monoisotopic (exact) mass is 329 g/mol. The van der Waals surface area contributed by atoms with E-state index in [9.17, 15) is 4.79 Å². The summed E-state index contributed by atoms with van der Waals surface area (Å²) in [5.74, 6) is 0.878. The summed E-state index contributed by atoms with van der Waals surface area (Å²) in [5, 5.41) is 9.05. The molecule has 0 unspecified atom stereocenters. The Hall–Kier alpha value is -2.90. The van der Waals surface area contributed by atoms with Crippen LogP contribution in [-0.2, 0) is 0 Å². The van der Waals surface area contributed by atoms with E-state index < -0.39 is 5.97 Å². The predicted molar refractivity (Wildman–Crippen MR) is 88.8 cm³/mol. The minimum atomic E-state index is -1.02. The van der Waals surface area contributed by atoms with Crippen LogP contribution in [0.2, 0.25) is 0 Å². The third-order valence-corrected chi connectivity index (χ3v) is 3.75. The van der Waals surface area contributed by atoms with Gasteiger partial charge in [0.05, 0.1) is 6.61 Å². The first-order chi connectivity index (χ1) is 11.7. The van der Waals surface area contributed by atoms with Crippen LogP contribution in [0.25, 0.3) is 0 Å². The van der Waals surface area contributed by atoms with Gasteiger partial charge < -0.3 is 19.6 Å². The lowest BCUT2D eigenvalue weighted by Crippen LogP contribution is -2.47.